The predicted molar refractivity (Wildman–Crippen MR) is 141 cm³/mol. The predicted octanol–water partition coefficient (Wildman–Crippen LogP) is 4.86. The van der Waals surface area contributed by atoms with E-state index in [0.29, 0.717) is 32.3 Å². The maximum atomic E-state index is 13.5. The Balaban J connectivity index is 2.42. The molecule has 0 radical (unpaired) electrons. The van der Waals surface area contributed by atoms with Gasteiger partial charge in [0, 0.05) is 33.2 Å². The number of unbranched alkanes of at least 4 members (excludes halogenated alkanes) is 1. The van der Waals surface area contributed by atoms with Gasteiger partial charge in [-0.05, 0) is 53.5 Å². The summed E-state index contributed by atoms with van der Waals surface area (Å²) >= 11 is 16.0. The first kappa shape index (κ1) is 28.4. The molecule has 2 aromatic carbocycles. The van der Waals surface area contributed by atoms with E-state index in [1.165, 1.54) is 4.90 Å². The highest BCUT2D eigenvalue weighted by molar-refractivity contribution is 9.10. The zero-order valence-electron chi connectivity index (χ0n) is 19.2. The van der Waals surface area contributed by atoms with Crippen molar-refractivity contribution in [3.63, 3.8) is 0 Å². The second-order valence-electron chi connectivity index (χ2n) is 7.76. The number of sulfonamides is 1. The lowest BCUT2D eigenvalue weighted by atomic mass is 10.1. The molecule has 1 N–H and O–H groups in total. The molecule has 1 unspecified atom stereocenters. The Morgan fingerprint density at radius 3 is 2.26 bits per heavy atom. The Labute approximate surface area is 219 Å². The molecule has 0 aromatic heterocycles. The van der Waals surface area contributed by atoms with Gasteiger partial charge < -0.3 is 10.2 Å². The minimum atomic E-state index is -3.82. The number of halogens is 3. The monoisotopic (exact) mass is 591 g/mol. The van der Waals surface area contributed by atoms with Crippen molar-refractivity contribution in [3.8, 4) is 0 Å². The molecule has 0 saturated heterocycles. The number of para-hydroxylation sites is 1. The number of amides is 2. The van der Waals surface area contributed by atoms with Gasteiger partial charge in [-0.1, -0.05) is 54.7 Å². The highest BCUT2D eigenvalue weighted by atomic mass is 79.9. The van der Waals surface area contributed by atoms with Crippen molar-refractivity contribution >= 4 is 66.7 Å². The normalized spacial score (nSPS) is 12.2. The van der Waals surface area contributed by atoms with E-state index < -0.39 is 28.5 Å². The number of rotatable bonds is 11. The standard InChI is InChI=1S/C23H28BrCl2N3O4S/c1-4-5-13-27-23(31)16(2)28(14-17-19(25)10-8-11-20(17)26)22(30)15-29(34(3,32)33)21-12-7-6-9-18(21)24/h6-12,16H,4-5,13-15H2,1-3H3,(H,27,31). The lowest BCUT2D eigenvalue weighted by molar-refractivity contribution is -0.139. The van der Waals surface area contributed by atoms with Gasteiger partial charge in [-0.25, -0.2) is 8.42 Å². The van der Waals surface area contributed by atoms with Crippen molar-refractivity contribution in [2.75, 3.05) is 23.7 Å². The summed E-state index contributed by atoms with van der Waals surface area (Å²) in [5.74, 6) is -0.924. The summed E-state index contributed by atoms with van der Waals surface area (Å²) in [7, 11) is -3.82. The number of hydrogen-bond acceptors (Lipinski definition) is 4. The molecule has 7 nitrogen and oxygen atoms in total. The fourth-order valence-corrected chi connectivity index (χ4v) is 5.22. The van der Waals surface area contributed by atoms with Crippen molar-refractivity contribution in [2.45, 2.75) is 39.3 Å². The van der Waals surface area contributed by atoms with Gasteiger partial charge in [-0.15, -0.1) is 0 Å². The van der Waals surface area contributed by atoms with Crippen LogP contribution >= 0.6 is 39.1 Å². The van der Waals surface area contributed by atoms with Crippen LogP contribution in [0.3, 0.4) is 0 Å². The Morgan fingerprint density at radius 2 is 1.71 bits per heavy atom. The van der Waals surface area contributed by atoms with Crippen molar-refractivity contribution in [1.82, 2.24) is 10.2 Å². The average molecular weight is 593 g/mol. The van der Waals surface area contributed by atoms with Crippen molar-refractivity contribution in [2.24, 2.45) is 0 Å². The Bertz CT molecular complexity index is 1110. The van der Waals surface area contributed by atoms with E-state index in [1.54, 1.807) is 49.4 Å². The van der Waals surface area contributed by atoms with E-state index in [1.807, 2.05) is 6.92 Å². The van der Waals surface area contributed by atoms with Crippen LogP contribution in [-0.4, -0.2) is 50.5 Å². The highest BCUT2D eigenvalue weighted by Gasteiger charge is 2.31. The molecule has 0 saturated carbocycles. The molecule has 2 aromatic rings. The van der Waals surface area contributed by atoms with E-state index in [-0.39, 0.29) is 12.5 Å². The summed E-state index contributed by atoms with van der Waals surface area (Å²) < 4.78 is 26.7. The van der Waals surface area contributed by atoms with Gasteiger partial charge >= 0.3 is 0 Å². The summed E-state index contributed by atoms with van der Waals surface area (Å²) in [4.78, 5) is 27.6. The van der Waals surface area contributed by atoms with Gasteiger partial charge in [0.05, 0.1) is 11.9 Å². The van der Waals surface area contributed by atoms with Crippen LogP contribution in [0.25, 0.3) is 0 Å². The summed E-state index contributed by atoms with van der Waals surface area (Å²) in [6, 6.07) is 10.8. The second-order valence-corrected chi connectivity index (χ2v) is 11.3. The van der Waals surface area contributed by atoms with E-state index >= 15 is 0 Å². The highest BCUT2D eigenvalue weighted by Crippen LogP contribution is 2.29. The Morgan fingerprint density at radius 1 is 1.09 bits per heavy atom. The fraction of sp³-hybridized carbons (Fsp3) is 0.391. The molecule has 0 aliphatic heterocycles. The average Bonchev–Trinajstić information content (AvgIpc) is 2.76. The summed E-state index contributed by atoms with van der Waals surface area (Å²) in [5.41, 5.74) is 0.785. The fourth-order valence-electron chi connectivity index (χ4n) is 3.22. The number of nitrogens with one attached hydrogen (secondary N) is 1. The smallest absolute Gasteiger partial charge is 0.244 e. The number of benzene rings is 2. The number of carbonyl (C=O) groups excluding carboxylic acids is 2. The number of anilines is 1. The zero-order chi connectivity index (χ0) is 25.5. The molecule has 1 atom stereocenters. The molecule has 2 amide bonds. The van der Waals surface area contributed by atoms with Gasteiger partial charge in [0.25, 0.3) is 0 Å². The number of nitrogens with zero attached hydrogens (tertiary/aromatic N) is 2. The molecular formula is C23H28BrCl2N3O4S. The maximum Gasteiger partial charge on any atom is 0.244 e. The van der Waals surface area contributed by atoms with Gasteiger partial charge in [-0.2, -0.15) is 0 Å². The first-order valence-electron chi connectivity index (χ1n) is 10.7. The van der Waals surface area contributed by atoms with Gasteiger partial charge in [0.2, 0.25) is 21.8 Å². The first-order valence-corrected chi connectivity index (χ1v) is 14.1. The molecule has 186 valence electrons. The molecular weight excluding hydrogens is 565 g/mol. The molecule has 0 aliphatic rings. The first-order chi connectivity index (χ1) is 16.0. The van der Waals surface area contributed by atoms with Gasteiger partial charge in [0.15, 0.2) is 0 Å². The van der Waals surface area contributed by atoms with Crippen LogP contribution in [0.5, 0.6) is 0 Å². The van der Waals surface area contributed by atoms with Crippen LogP contribution in [0, 0.1) is 0 Å². The summed E-state index contributed by atoms with van der Waals surface area (Å²) in [6.07, 6.45) is 2.73. The third-order valence-electron chi connectivity index (χ3n) is 5.19. The van der Waals surface area contributed by atoms with Crippen LogP contribution in [-0.2, 0) is 26.2 Å². The molecule has 2 rings (SSSR count). The molecule has 0 bridgehead atoms. The SMILES string of the molecule is CCCCNC(=O)C(C)N(Cc1c(Cl)cccc1Cl)C(=O)CN(c1ccccc1Br)S(C)(=O)=O. The van der Waals surface area contributed by atoms with Crippen LogP contribution < -0.4 is 9.62 Å². The summed E-state index contributed by atoms with van der Waals surface area (Å²) in [5, 5.41) is 3.50. The molecule has 11 heteroatoms. The zero-order valence-corrected chi connectivity index (χ0v) is 23.1. The largest absolute Gasteiger partial charge is 0.354 e. The lowest BCUT2D eigenvalue weighted by Gasteiger charge is -2.32. The van der Waals surface area contributed by atoms with Crippen LogP contribution in [0.1, 0.15) is 32.3 Å². The van der Waals surface area contributed by atoms with E-state index in [0.717, 1.165) is 23.4 Å². The van der Waals surface area contributed by atoms with Crippen LogP contribution in [0.4, 0.5) is 5.69 Å². The van der Waals surface area contributed by atoms with Gasteiger partial charge in [-0.3, -0.25) is 13.9 Å². The Hall–Kier alpha value is -1.81. The van der Waals surface area contributed by atoms with E-state index in [4.69, 9.17) is 23.2 Å². The molecule has 0 aliphatic carbocycles. The van der Waals surface area contributed by atoms with E-state index in [2.05, 4.69) is 21.2 Å². The molecule has 0 spiro atoms. The minimum Gasteiger partial charge on any atom is -0.354 e. The summed E-state index contributed by atoms with van der Waals surface area (Å²) in [6.45, 7) is 3.50. The molecule has 0 heterocycles. The molecule has 0 fully saturated rings. The second kappa shape index (κ2) is 12.8. The Kier molecular flexibility index (Phi) is 10.7. The van der Waals surface area contributed by atoms with Crippen LogP contribution in [0.2, 0.25) is 10.0 Å². The van der Waals surface area contributed by atoms with Gasteiger partial charge in [0.1, 0.15) is 12.6 Å². The quantitative estimate of drug-likeness (QED) is 0.378. The number of hydrogen-bond donors (Lipinski definition) is 1. The van der Waals surface area contributed by atoms with E-state index in [9.17, 15) is 18.0 Å². The third kappa shape index (κ3) is 7.60. The topological polar surface area (TPSA) is 86.8 Å². The maximum absolute atomic E-state index is 13.5. The van der Waals surface area contributed by atoms with Crippen molar-refractivity contribution < 1.29 is 18.0 Å². The van der Waals surface area contributed by atoms with Crippen LogP contribution in [0.15, 0.2) is 46.9 Å². The number of carbonyl (C=O) groups is 2. The van der Waals surface area contributed by atoms with Crippen molar-refractivity contribution in [3.05, 3.63) is 62.5 Å². The lowest BCUT2D eigenvalue weighted by Crippen LogP contribution is -2.51. The minimum absolute atomic E-state index is 0.0622. The third-order valence-corrected chi connectivity index (χ3v) is 7.69. The van der Waals surface area contributed by atoms with Crippen molar-refractivity contribution in [1.29, 1.82) is 0 Å². The molecule has 34 heavy (non-hydrogen) atoms.